The van der Waals surface area contributed by atoms with Gasteiger partial charge in [-0.1, -0.05) is 29.3 Å². The van der Waals surface area contributed by atoms with Crippen LogP contribution in [0.1, 0.15) is 25.1 Å². The lowest BCUT2D eigenvalue weighted by molar-refractivity contribution is 0.647. The number of piperazine rings is 1. The molecule has 0 amide bonds. The summed E-state index contributed by atoms with van der Waals surface area (Å²) in [7, 11) is 0. The lowest BCUT2D eigenvalue weighted by Crippen LogP contribution is -2.47. The van der Waals surface area contributed by atoms with Gasteiger partial charge in [0.05, 0.1) is 11.1 Å². The van der Waals surface area contributed by atoms with E-state index in [9.17, 15) is 0 Å². The second-order valence-corrected chi connectivity index (χ2v) is 7.92. The van der Waals surface area contributed by atoms with Crippen LogP contribution in [-0.2, 0) is 6.42 Å². The average molecular weight is 433 g/mol. The van der Waals surface area contributed by atoms with Crippen LogP contribution in [0.25, 0.3) is 11.0 Å². The molecular weight excluding hydrogens is 407 g/mol. The van der Waals surface area contributed by atoms with Gasteiger partial charge in [-0.3, -0.25) is 5.10 Å². The number of halogens is 2. The van der Waals surface area contributed by atoms with Gasteiger partial charge in [0.2, 0.25) is 0 Å². The molecule has 154 valence electrons. The van der Waals surface area contributed by atoms with Gasteiger partial charge in [0, 0.05) is 43.3 Å². The van der Waals surface area contributed by atoms with Gasteiger partial charge in [-0.25, -0.2) is 9.97 Å². The summed E-state index contributed by atoms with van der Waals surface area (Å²) in [5.74, 6) is 0.971. The molecule has 1 aliphatic rings. The van der Waals surface area contributed by atoms with E-state index < -0.39 is 0 Å². The first-order valence-electron chi connectivity index (χ1n) is 9.60. The third kappa shape index (κ3) is 4.49. The molecule has 0 saturated carbocycles. The predicted molar refractivity (Wildman–Crippen MR) is 123 cm³/mol. The van der Waals surface area contributed by atoms with Crippen molar-refractivity contribution in [1.29, 1.82) is 0 Å². The Balaban J connectivity index is 0.00000240. The van der Waals surface area contributed by atoms with Crippen molar-refractivity contribution >= 4 is 46.5 Å². The van der Waals surface area contributed by atoms with Crippen LogP contribution >= 0.6 is 24.0 Å². The van der Waals surface area contributed by atoms with Gasteiger partial charge in [-0.05, 0) is 38.5 Å². The number of fused-ring (bicyclic) bond motifs is 1. The quantitative estimate of drug-likeness (QED) is 0.611. The molecule has 1 N–H and O–H groups in total. The maximum absolute atomic E-state index is 6.21. The number of allylic oxidation sites excluding steroid dienone is 2. The predicted octanol–water partition coefficient (Wildman–Crippen LogP) is 4.57. The molecule has 0 spiro atoms. The number of aromatic amines is 1. The van der Waals surface area contributed by atoms with Crippen molar-refractivity contribution in [2.45, 2.75) is 27.2 Å². The summed E-state index contributed by atoms with van der Waals surface area (Å²) in [6, 6.07) is 6.09. The Morgan fingerprint density at radius 3 is 2.59 bits per heavy atom. The first kappa shape index (κ1) is 21.4. The van der Waals surface area contributed by atoms with E-state index >= 15 is 0 Å². The van der Waals surface area contributed by atoms with E-state index in [1.807, 2.05) is 6.07 Å². The summed E-state index contributed by atoms with van der Waals surface area (Å²) in [5, 5.41) is 9.34. The van der Waals surface area contributed by atoms with Crippen molar-refractivity contribution in [3.05, 3.63) is 52.5 Å². The SMILES string of the molecule is CC(C)=CCc1[nH]nc2ncnc(N3CCN(c4cc(Cl)ccc4C)CC3)c12.Cl. The molecule has 3 heterocycles. The fourth-order valence-corrected chi connectivity index (χ4v) is 3.84. The van der Waals surface area contributed by atoms with Crippen molar-refractivity contribution in [2.75, 3.05) is 36.0 Å². The standard InChI is InChI=1S/C21H25ClN6.ClH/c1-14(2)4-7-17-19-20(26-25-17)23-13-24-21(19)28-10-8-27(9-11-28)18-12-16(22)6-5-15(18)3;/h4-6,12-13H,7-11H2,1-3H3,(H,23,24,25,26);1H. The Labute approximate surface area is 182 Å². The number of aryl methyl sites for hydroxylation is 1. The highest BCUT2D eigenvalue weighted by atomic mass is 35.5. The van der Waals surface area contributed by atoms with Gasteiger partial charge < -0.3 is 9.80 Å². The minimum Gasteiger partial charge on any atom is -0.368 e. The number of rotatable bonds is 4. The third-order valence-electron chi connectivity index (χ3n) is 5.21. The molecular formula is C21H26Cl2N6. The molecule has 1 aromatic carbocycles. The minimum absolute atomic E-state index is 0. The minimum atomic E-state index is 0. The Bertz CT molecular complexity index is 1020. The van der Waals surface area contributed by atoms with Gasteiger partial charge in [-0.15, -0.1) is 12.4 Å². The fourth-order valence-electron chi connectivity index (χ4n) is 3.67. The lowest BCUT2D eigenvalue weighted by Gasteiger charge is -2.37. The number of nitrogens with one attached hydrogen (secondary N) is 1. The second kappa shape index (κ2) is 9.01. The van der Waals surface area contributed by atoms with Crippen molar-refractivity contribution in [3.8, 4) is 0 Å². The van der Waals surface area contributed by atoms with Gasteiger partial charge in [0.25, 0.3) is 0 Å². The largest absolute Gasteiger partial charge is 0.368 e. The van der Waals surface area contributed by atoms with Crippen molar-refractivity contribution in [3.63, 3.8) is 0 Å². The van der Waals surface area contributed by atoms with Crippen LogP contribution in [0.2, 0.25) is 5.02 Å². The Kier molecular flexibility index (Phi) is 6.65. The second-order valence-electron chi connectivity index (χ2n) is 7.49. The van der Waals surface area contributed by atoms with Crippen molar-refractivity contribution < 1.29 is 0 Å². The zero-order chi connectivity index (χ0) is 19.7. The average Bonchev–Trinajstić information content (AvgIpc) is 3.12. The lowest BCUT2D eigenvalue weighted by atomic mass is 10.1. The third-order valence-corrected chi connectivity index (χ3v) is 5.45. The van der Waals surface area contributed by atoms with Gasteiger partial charge in [0.1, 0.15) is 12.1 Å². The van der Waals surface area contributed by atoms with Crippen molar-refractivity contribution in [1.82, 2.24) is 20.2 Å². The fraction of sp³-hybridized carbons (Fsp3) is 0.381. The molecule has 1 fully saturated rings. The molecule has 29 heavy (non-hydrogen) atoms. The van der Waals surface area contributed by atoms with E-state index in [4.69, 9.17) is 11.6 Å². The summed E-state index contributed by atoms with van der Waals surface area (Å²) in [5.41, 5.74) is 5.55. The number of hydrogen-bond acceptors (Lipinski definition) is 5. The zero-order valence-electron chi connectivity index (χ0n) is 16.9. The summed E-state index contributed by atoms with van der Waals surface area (Å²) in [6.45, 7) is 9.98. The van der Waals surface area contributed by atoms with Gasteiger partial charge >= 0.3 is 0 Å². The topological polar surface area (TPSA) is 60.9 Å². The van der Waals surface area contributed by atoms with Crippen LogP contribution in [0, 0.1) is 6.92 Å². The number of H-pyrrole nitrogens is 1. The van der Waals surface area contributed by atoms with Crippen LogP contribution < -0.4 is 9.80 Å². The van der Waals surface area contributed by atoms with E-state index in [2.05, 4.69) is 68.9 Å². The van der Waals surface area contributed by atoms with E-state index in [-0.39, 0.29) is 12.4 Å². The molecule has 0 aliphatic carbocycles. The normalized spacial score (nSPS) is 14.1. The highest BCUT2D eigenvalue weighted by Crippen LogP contribution is 2.29. The van der Waals surface area contributed by atoms with Crippen molar-refractivity contribution in [2.24, 2.45) is 0 Å². The Hall–Kier alpha value is -2.31. The molecule has 0 radical (unpaired) electrons. The maximum Gasteiger partial charge on any atom is 0.186 e. The summed E-state index contributed by atoms with van der Waals surface area (Å²) in [6.07, 6.45) is 4.61. The molecule has 0 bridgehead atoms. The summed E-state index contributed by atoms with van der Waals surface area (Å²) >= 11 is 6.21. The number of nitrogens with zero attached hydrogens (tertiary/aromatic N) is 5. The number of aromatic nitrogens is 4. The van der Waals surface area contributed by atoms with E-state index in [1.165, 1.54) is 16.8 Å². The first-order chi connectivity index (χ1) is 13.5. The smallest absolute Gasteiger partial charge is 0.186 e. The molecule has 0 atom stereocenters. The first-order valence-corrected chi connectivity index (χ1v) is 9.98. The number of anilines is 2. The maximum atomic E-state index is 6.21. The van der Waals surface area contributed by atoms with Gasteiger partial charge in [-0.2, -0.15) is 5.10 Å². The highest BCUT2D eigenvalue weighted by molar-refractivity contribution is 6.30. The number of hydrogen-bond donors (Lipinski definition) is 1. The molecule has 8 heteroatoms. The molecule has 0 unspecified atom stereocenters. The molecule has 4 rings (SSSR count). The molecule has 1 saturated heterocycles. The van der Waals surface area contributed by atoms with Gasteiger partial charge in [0.15, 0.2) is 5.65 Å². The molecule has 6 nitrogen and oxygen atoms in total. The molecule has 1 aliphatic heterocycles. The van der Waals surface area contributed by atoms with E-state index in [1.54, 1.807) is 6.33 Å². The zero-order valence-corrected chi connectivity index (χ0v) is 18.5. The van der Waals surface area contributed by atoms with Crippen LogP contribution in [-0.4, -0.2) is 46.3 Å². The van der Waals surface area contributed by atoms with E-state index in [0.29, 0.717) is 0 Å². The Morgan fingerprint density at radius 2 is 1.86 bits per heavy atom. The summed E-state index contributed by atoms with van der Waals surface area (Å²) < 4.78 is 0. The molecule has 2 aromatic heterocycles. The monoisotopic (exact) mass is 432 g/mol. The van der Waals surface area contributed by atoms with Crippen LogP contribution in [0.3, 0.4) is 0 Å². The van der Waals surface area contributed by atoms with Crippen LogP contribution in [0.15, 0.2) is 36.2 Å². The summed E-state index contributed by atoms with van der Waals surface area (Å²) in [4.78, 5) is 13.7. The Morgan fingerprint density at radius 1 is 1.14 bits per heavy atom. The number of benzene rings is 1. The van der Waals surface area contributed by atoms with E-state index in [0.717, 1.165) is 60.2 Å². The molecule has 3 aromatic rings. The van der Waals surface area contributed by atoms with Crippen LogP contribution in [0.5, 0.6) is 0 Å². The van der Waals surface area contributed by atoms with Crippen LogP contribution in [0.4, 0.5) is 11.5 Å². The highest BCUT2D eigenvalue weighted by Gasteiger charge is 2.23.